The fourth-order valence-corrected chi connectivity index (χ4v) is 4.49. The number of aliphatic hydroxyl groups excluding tert-OH is 1. The van der Waals surface area contributed by atoms with E-state index in [-0.39, 0.29) is 12.0 Å². The Kier molecular flexibility index (Phi) is 9.35. The van der Waals surface area contributed by atoms with Crippen LogP contribution in [0.2, 0.25) is 0 Å². The number of carbonyl (C=O) groups excluding carboxylic acids is 1. The van der Waals surface area contributed by atoms with Crippen molar-refractivity contribution in [2.24, 2.45) is 5.92 Å². The molecule has 1 aliphatic rings. The van der Waals surface area contributed by atoms with Crippen LogP contribution in [0.5, 0.6) is 5.75 Å². The van der Waals surface area contributed by atoms with Crippen LogP contribution in [-0.2, 0) is 16.1 Å². The number of methoxy groups -OCH3 is 1. The Labute approximate surface area is 197 Å². The average molecular weight is 450 g/mol. The second kappa shape index (κ2) is 12.4. The lowest BCUT2D eigenvalue weighted by Crippen LogP contribution is -2.33. The second-order valence-electron chi connectivity index (χ2n) is 8.72. The monoisotopic (exact) mass is 449 g/mol. The molecule has 3 rings (SSSR count). The number of ether oxygens (including phenoxy) is 2. The van der Waals surface area contributed by atoms with Gasteiger partial charge in [0.05, 0.1) is 13.2 Å². The van der Waals surface area contributed by atoms with Crippen molar-refractivity contribution in [2.75, 3.05) is 13.7 Å². The van der Waals surface area contributed by atoms with Gasteiger partial charge in [-0.2, -0.15) is 0 Å². The lowest BCUT2D eigenvalue weighted by Gasteiger charge is -2.30. The molecule has 1 N–H and O–H groups in total. The zero-order valence-corrected chi connectivity index (χ0v) is 19.9. The van der Waals surface area contributed by atoms with Crippen molar-refractivity contribution in [1.29, 1.82) is 0 Å². The van der Waals surface area contributed by atoms with E-state index in [2.05, 4.69) is 48.1 Å². The number of carbonyl (C=O) groups is 1. The molecule has 1 aliphatic carbocycles. The van der Waals surface area contributed by atoms with Gasteiger partial charge >= 0.3 is 5.97 Å². The van der Waals surface area contributed by atoms with Gasteiger partial charge in [-0.3, -0.25) is 4.90 Å². The van der Waals surface area contributed by atoms with Crippen LogP contribution in [0.3, 0.4) is 0 Å². The van der Waals surface area contributed by atoms with Crippen LogP contribution in [0.25, 0.3) is 0 Å². The lowest BCUT2D eigenvalue weighted by atomic mass is 9.77. The summed E-state index contributed by atoms with van der Waals surface area (Å²) in [5.41, 5.74) is 2.49. The van der Waals surface area contributed by atoms with Crippen molar-refractivity contribution < 1.29 is 19.4 Å². The standard InChI is InChI=1S/C28H35NO4/c1-4-29(20-22-10-16-26(32-3)17-11-22)21(2)18-19-33-28(31)27(30)25-14-12-24(13-15-25)23-8-6-5-7-9-23/h5-11,16-17,21,24-25,27,30H,4,12-15,20H2,1-3H3. The Morgan fingerprint density at radius 2 is 1.76 bits per heavy atom. The fraction of sp³-hybridized carbons (Fsp3) is 0.464. The minimum absolute atomic E-state index is 0.0705. The van der Waals surface area contributed by atoms with Gasteiger partial charge < -0.3 is 14.6 Å². The molecule has 2 aromatic carbocycles. The Hall–Kier alpha value is -2.81. The molecule has 0 saturated heterocycles. The molecule has 0 aromatic heterocycles. The van der Waals surface area contributed by atoms with Gasteiger partial charge in [0.1, 0.15) is 11.9 Å². The molecule has 2 atom stereocenters. The van der Waals surface area contributed by atoms with Crippen molar-refractivity contribution in [1.82, 2.24) is 4.90 Å². The van der Waals surface area contributed by atoms with E-state index in [1.165, 1.54) is 5.56 Å². The van der Waals surface area contributed by atoms with Gasteiger partial charge in [-0.25, -0.2) is 4.79 Å². The zero-order valence-electron chi connectivity index (χ0n) is 19.9. The molecule has 0 spiro atoms. The zero-order chi connectivity index (χ0) is 23.6. The summed E-state index contributed by atoms with van der Waals surface area (Å²) in [5, 5.41) is 10.5. The van der Waals surface area contributed by atoms with Gasteiger partial charge in [0.25, 0.3) is 0 Å². The molecular weight excluding hydrogens is 414 g/mol. The number of esters is 1. The van der Waals surface area contributed by atoms with Crippen molar-refractivity contribution in [2.45, 2.75) is 64.1 Å². The first-order valence-corrected chi connectivity index (χ1v) is 11.8. The first-order valence-electron chi connectivity index (χ1n) is 11.8. The van der Waals surface area contributed by atoms with Crippen LogP contribution in [0.15, 0.2) is 54.6 Å². The molecule has 2 aromatic rings. The molecule has 0 radical (unpaired) electrons. The number of hydrogen-bond acceptors (Lipinski definition) is 5. The smallest absolute Gasteiger partial charge is 0.349 e. The minimum atomic E-state index is -1.12. The summed E-state index contributed by atoms with van der Waals surface area (Å²) in [6.07, 6.45) is 4.98. The fourth-order valence-electron chi connectivity index (χ4n) is 4.49. The Balaban J connectivity index is 1.46. The van der Waals surface area contributed by atoms with Crippen molar-refractivity contribution >= 4 is 5.97 Å². The molecule has 176 valence electrons. The largest absolute Gasteiger partial charge is 0.497 e. The van der Waals surface area contributed by atoms with E-state index >= 15 is 0 Å². The SMILES string of the molecule is CCN(Cc1ccc(OC)cc1)C(C)C#COC(=O)C(O)C1CCC(c2ccccc2)CC1. The number of benzene rings is 2. The summed E-state index contributed by atoms with van der Waals surface area (Å²) in [6.45, 7) is 5.60. The topological polar surface area (TPSA) is 59.0 Å². The molecule has 5 heteroatoms. The van der Waals surface area contributed by atoms with Gasteiger partial charge in [0.2, 0.25) is 0 Å². The van der Waals surface area contributed by atoms with Gasteiger partial charge in [0, 0.05) is 6.54 Å². The van der Waals surface area contributed by atoms with Crippen LogP contribution >= 0.6 is 0 Å². The molecule has 0 amide bonds. The summed E-state index contributed by atoms with van der Waals surface area (Å²) in [4.78, 5) is 14.6. The van der Waals surface area contributed by atoms with Gasteiger partial charge in [-0.1, -0.05) is 49.4 Å². The predicted molar refractivity (Wildman–Crippen MR) is 130 cm³/mol. The van der Waals surface area contributed by atoms with Crippen LogP contribution in [0, 0.1) is 17.9 Å². The van der Waals surface area contributed by atoms with E-state index in [1.54, 1.807) is 7.11 Å². The second-order valence-corrected chi connectivity index (χ2v) is 8.72. The Bertz CT molecular complexity index is 924. The third-order valence-electron chi connectivity index (χ3n) is 6.65. The maximum atomic E-state index is 12.4. The molecule has 0 heterocycles. The third kappa shape index (κ3) is 7.08. The molecular formula is C28H35NO4. The predicted octanol–water partition coefficient (Wildman–Crippen LogP) is 4.74. The minimum Gasteiger partial charge on any atom is -0.497 e. The molecule has 1 saturated carbocycles. The van der Waals surface area contributed by atoms with E-state index < -0.39 is 12.1 Å². The molecule has 1 fully saturated rings. The maximum absolute atomic E-state index is 12.4. The summed E-state index contributed by atoms with van der Waals surface area (Å²) in [7, 11) is 1.65. The van der Waals surface area contributed by atoms with Crippen molar-refractivity contribution in [3.63, 3.8) is 0 Å². The molecule has 33 heavy (non-hydrogen) atoms. The Morgan fingerprint density at radius 1 is 1.09 bits per heavy atom. The highest BCUT2D eigenvalue weighted by molar-refractivity contribution is 5.75. The van der Waals surface area contributed by atoms with E-state index in [1.807, 2.05) is 37.3 Å². The first-order chi connectivity index (χ1) is 16.0. The summed E-state index contributed by atoms with van der Waals surface area (Å²) >= 11 is 0. The van der Waals surface area contributed by atoms with E-state index in [9.17, 15) is 9.90 Å². The quantitative estimate of drug-likeness (QED) is 0.466. The molecule has 0 bridgehead atoms. The number of rotatable bonds is 8. The molecule has 2 unspecified atom stereocenters. The molecule has 5 nitrogen and oxygen atoms in total. The lowest BCUT2D eigenvalue weighted by molar-refractivity contribution is -0.150. The third-order valence-corrected chi connectivity index (χ3v) is 6.65. The number of hydrogen-bond donors (Lipinski definition) is 1. The van der Waals surface area contributed by atoms with Gasteiger partial charge in [0.15, 0.2) is 6.10 Å². The Morgan fingerprint density at radius 3 is 2.36 bits per heavy atom. The van der Waals surface area contributed by atoms with Crippen molar-refractivity contribution in [3.05, 3.63) is 65.7 Å². The highest BCUT2D eigenvalue weighted by Gasteiger charge is 2.32. The van der Waals surface area contributed by atoms with Crippen molar-refractivity contribution in [3.8, 4) is 17.8 Å². The van der Waals surface area contributed by atoms with Crippen LogP contribution in [0.1, 0.15) is 56.6 Å². The van der Waals surface area contributed by atoms with Crippen LogP contribution in [0.4, 0.5) is 0 Å². The number of aliphatic hydroxyl groups is 1. The van der Waals surface area contributed by atoms with Crippen LogP contribution in [-0.4, -0.2) is 41.8 Å². The summed E-state index contributed by atoms with van der Waals surface area (Å²) < 4.78 is 10.3. The van der Waals surface area contributed by atoms with E-state index in [0.717, 1.165) is 50.1 Å². The maximum Gasteiger partial charge on any atom is 0.349 e. The number of nitrogens with zero attached hydrogens (tertiary/aromatic N) is 1. The van der Waals surface area contributed by atoms with Gasteiger partial charge in [-0.05, 0) is 80.2 Å². The van der Waals surface area contributed by atoms with Gasteiger partial charge in [-0.15, -0.1) is 0 Å². The average Bonchev–Trinajstić information content (AvgIpc) is 2.87. The molecule has 0 aliphatic heterocycles. The first kappa shape index (κ1) is 24.8. The van der Waals surface area contributed by atoms with E-state index in [0.29, 0.717) is 5.92 Å². The highest BCUT2D eigenvalue weighted by Crippen LogP contribution is 2.37. The highest BCUT2D eigenvalue weighted by atomic mass is 16.5. The van der Waals surface area contributed by atoms with E-state index in [4.69, 9.17) is 9.47 Å². The summed E-state index contributed by atoms with van der Waals surface area (Å²) in [5.74, 6) is 3.60. The normalized spacial score (nSPS) is 19.8. The summed E-state index contributed by atoms with van der Waals surface area (Å²) in [6, 6.07) is 18.3. The van der Waals surface area contributed by atoms with Crippen LogP contribution < -0.4 is 4.74 Å².